The summed E-state index contributed by atoms with van der Waals surface area (Å²) in [4.78, 5) is 24.2. The van der Waals surface area contributed by atoms with Crippen LogP contribution in [0.4, 0.5) is 0 Å². The van der Waals surface area contributed by atoms with E-state index in [2.05, 4.69) is 39.0 Å². The topological polar surface area (TPSA) is 93.1 Å². The molecule has 0 heterocycles. The number of carbonyl (C=O) groups is 2. The highest BCUT2D eigenvalue weighted by Crippen LogP contribution is 2.15. The lowest BCUT2D eigenvalue weighted by atomic mass is 10.0. The monoisotopic (exact) mass is 621 g/mol. The summed E-state index contributed by atoms with van der Waals surface area (Å²) in [5.41, 5.74) is 0. The molecule has 0 aliphatic heterocycles. The van der Waals surface area contributed by atoms with E-state index in [0.717, 1.165) is 76.5 Å². The Labute approximate surface area is 270 Å². The first-order valence-electron chi connectivity index (χ1n) is 18.0. The largest absolute Gasteiger partial charge is 0.462 e. The minimum Gasteiger partial charge on any atom is -0.462 e. The third-order valence-corrected chi connectivity index (χ3v) is 7.73. The predicted octanol–water partition coefficient (Wildman–Crippen LogP) is 9.72. The lowest BCUT2D eigenvalue weighted by Gasteiger charge is -2.15. The zero-order valence-corrected chi connectivity index (χ0v) is 28.7. The molecule has 44 heavy (non-hydrogen) atoms. The quantitative estimate of drug-likeness (QED) is 0.0347. The molecule has 0 bridgehead atoms. The first-order valence-corrected chi connectivity index (χ1v) is 18.0. The van der Waals surface area contributed by atoms with Crippen LogP contribution < -0.4 is 0 Å². The molecule has 6 heteroatoms. The SMILES string of the molecule is CC/C=C/C/C=C/C=C/C(O)CCCCCCCC(=O)O[C@@H](CO)COC(=O)CCCCCCCCCCCCCC(C)C. The second-order valence-electron chi connectivity index (χ2n) is 12.6. The lowest BCUT2D eigenvalue weighted by Crippen LogP contribution is -2.28. The Bertz CT molecular complexity index is 742. The highest BCUT2D eigenvalue weighted by atomic mass is 16.6. The summed E-state index contributed by atoms with van der Waals surface area (Å²) in [6.45, 7) is 6.25. The van der Waals surface area contributed by atoms with E-state index < -0.39 is 12.2 Å². The van der Waals surface area contributed by atoms with Gasteiger partial charge in [-0.2, -0.15) is 0 Å². The van der Waals surface area contributed by atoms with E-state index in [1.807, 2.05) is 18.2 Å². The maximum Gasteiger partial charge on any atom is 0.306 e. The van der Waals surface area contributed by atoms with E-state index in [-0.39, 0.29) is 31.6 Å². The normalized spacial score (nSPS) is 13.4. The molecule has 256 valence electrons. The second-order valence-corrected chi connectivity index (χ2v) is 12.6. The summed E-state index contributed by atoms with van der Waals surface area (Å²) in [6, 6.07) is 0. The van der Waals surface area contributed by atoms with E-state index in [1.54, 1.807) is 0 Å². The third kappa shape index (κ3) is 31.5. The standard InChI is InChI=1S/C38H68O6/c1-4-5-6-7-13-18-23-28-35(40)29-24-19-16-21-26-31-38(42)44-36(32-39)33-43-37(41)30-25-20-15-12-10-8-9-11-14-17-22-27-34(2)3/h5-6,13,18,23,28,34-36,39-40H,4,7-12,14-17,19-22,24-27,29-33H2,1-3H3/b6-5+,18-13+,28-23+/t35?,36-/m0/s1. The van der Waals surface area contributed by atoms with Crippen LogP contribution in [0, 0.1) is 5.92 Å². The summed E-state index contributed by atoms with van der Waals surface area (Å²) >= 11 is 0. The number of allylic oxidation sites excluding steroid dienone is 5. The highest BCUT2D eigenvalue weighted by molar-refractivity contribution is 5.70. The molecule has 0 aromatic rings. The molecule has 2 N–H and O–H groups in total. The number of unbranched alkanes of at least 4 members (excludes halogenated alkanes) is 14. The van der Waals surface area contributed by atoms with Crippen LogP contribution in [0.25, 0.3) is 0 Å². The van der Waals surface area contributed by atoms with Gasteiger partial charge in [-0.3, -0.25) is 9.59 Å². The molecule has 2 atom stereocenters. The smallest absolute Gasteiger partial charge is 0.306 e. The van der Waals surface area contributed by atoms with Crippen molar-refractivity contribution in [1.82, 2.24) is 0 Å². The molecule has 0 fully saturated rings. The minimum atomic E-state index is -0.807. The van der Waals surface area contributed by atoms with Crippen molar-refractivity contribution < 1.29 is 29.3 Å². The summed E-state index contributed by atoms with van der Waals surface area (Å²) in [6.07, 6.45) is 33.7. The zero-order valence-electron chi connectivity index (χ0n) is 28.7. The fourth-order valence-corrected chi connectivity index (χ4v) is 4.98. The van der Waals surface area contributed by atoms with Crippen molar-refractivity contribution in [2.75, 3.05) is 13.2 Å². The summed E-state index contributed by atoms with van der Waals surface area (Å²) in [5, 5.41) is 19.6. The van der Waals surface area contributed by atoms with Crippen molar-refractivity contribution in [2.24, 2.45) is 5.92 Å². The molecule has 0 aromatic heterocycles. The predicted molar refractivity (Wildman–Crippen MR) is 183 cm³/mol. The maximum absolute atomic E-state index is 12.1. The number of hydrogen-bond acceptors (Lipinski definition) is 6. The van der Waals surface area contributed by atoms with Crippen molar-refractivity contribution in [3.05, 3.63) is 36.5 Å². The van der Waals surface area contributed by atoms with Gasteiger partial charge in [0.25, 0.3) is 0 Å². The van der Waals surface area contributed by atoms with Gasteiger partial charge in [-0.15, -0.1) is 0 Å². The van der Waals surface area contributed by atoms with Gasteiger partial charge in [0.05, 0.1) is 12.7 Å². The molecule has 1 unspecified atom stereocenters. The Morgan fingerprint density at radius 3 is 1.73 bits per heavy atom. The van der Waals surface area contributed by atoms with Gasteiger partial charge in [0.1, 0.15) is 6.61 Å². The minimum absolute atomic E-state index is 0.0962. The van der Waals surface area contributed by atoms with Gasteiger partial charge in [-0.1, -0.05) is 154 Å². The van der Waals surface area contributed by atoms with Crippen LogP contribution in [-0.4, -0.2) is 47.6 Å². The Hall–Kier alpha value is -1.92. The number of aliphatic hydroxyl groups excluding tert-OH is 2. The van der Waals surface area contributed by atoms with Gasteiger partial charge < -0.3 is 19.7 Å². The Morgan fingerprint density at radius 1 is 0.659 bits per heavy atom. The Balaban J connectivity index is 3.67. The maximum atomic E-state index is 12.1. The van der Waals surface area contributed by atoms with Crippen LogP contribution in [0.5, 0.6) is 0 Å². The first-order chi connectivity index (χ1) is 21.4. The average molecular weight is 621 g/mol. The fourth-order valence-electron chi connectivity index (χ4n) is 4.98. The van der Waals surface area contributed by atoms with Crippen LogP contribution >= 0.6 is 0 Å². The average Bonchev–Trinajstić information content (AvgIpc) is 3.00. The highest BCUT2D eigenvalue weighted by Gasteiger charge is 2.16. The Morgan fingerprint density at radius 2 is 1.18 bits per heavy atom. The van der Waals surface area contributed by atoms with Gasteiger partial charge in [0.2, 0.25) is 0 Å². The van der Waals surface area contributed by atoms with Gasteiger partial charge in [0, 0.05) is 12.8 Å². The summed E-state index contributed by atoms with van der Waals surface area (Å²) < 4.78 is 10.5. The first kappa shape index (κ1) is 42.1. The van der Waals surface area contributed by atoms with Crippen LogP contribution in [0.3, 0.4) is 0 Å². The molecule has 0 amide bonds. The number of rotatable bonds is 31. The van der Waals surface area contributed by atoms with Crippen molar-refractivity contribution in [3.63, 3.8) is 0 Å². The van der Waals surface area contributed by atoms with Crippen molar-refractivity contribution in [3.8, 4) is 0 Å². The molecular weight excluding hydrogens is 552 g/mol. The van der Waals surface area contributed by atoms with Gasteiger partial charge in [0.15, 0.2) is 6.10 Å². The van der Waals surface area contributed by atoms with Crippen molar-refractivity contribution >= 4 is 11.9 Å². The van der Waals surface area contributed by atoms with E-state index in [1.165, 1.54) is 57.8 Å². The molecule has 0 radical (unpaired) electrons. The van der Waals surface area contributed by atoms with Crippen molar-refractivity contribution in [2.45, 2.75) is 174 Å². The number of carbonyl (C=O) groups excluding carboxylic acids is 2. The summed E-state index contributed by atoms with van der Waals surface area (Å²) in [5.74, 6) is 0.159. The van der Waals surface area contributed by atoms with Crippen molar-refractivity contribution in [1.29, 1.82) is 0 Å². The molecule has 0 aliphatic rings. The molecule has 0 spiro atoms. The fraction of sp³-hybridized carbons (Fsp3) is 0.789. The molecule has 0 aliphatic carbocycles. The molecule has 0 saturated carbocycles. The molecule has 0 aromatic carbocycles. The number of hydrogen-bond donors (Lipinski definition) is 2. The second kappa shape index (κ2) is 32.5. The lowest BCUT2D eigenvalue weighted by molar-refractivity contribution is -0.161. The van der Waals surface area contributed by atoms with E-state index >= 15 is 0 Å². The molecule has 0 rings (SSSR count). The Kier molecular flexibility index (Phi) is 31.1. The molecule has 0 saturated heterocycles. The summed E-state index contributed by atoms with van der Waals surface area (Å²) in [7, 11) is 0. The molecule has 6 nitrogen and oxygen atoms in total. The number of esters is 2. The third-order valence-electron chi connectivity index (χ3n) is 7.73. The van der Waals surface area contributed by atoms with Crippen LogP contribution in [0.15, 0.2) is 36.5 Å². The zero-order chi connectivity index (χ0) is 32.5. The van der Waals surface area contributed by atoms with E-state index in [4.69, 9.17) is 9.47 Å². The van der Waals surface area contributed by atoms with Crippen LogP contribution in [0.1, 0.15) is 162 Å². The van der Waals surface area contributed by atoms with E-state index in [0.29, 0.717) is 6.42 Å². The number of ether oxygens (including phenoxy) is 2. The van der Waals surface area contributed by atoms with Gasteiger partial charge >= 0.3 is 11.9 Å². The van der Waals surface area contributed by atoms with Gasteiger partial charge in [-0.25, -0.2) is 0 Å². The van der Waals surface area contributed by atoms with Crippen LogP contribution in [0.2, 0.25) is 0 Å². The number of aliphatic hydroxyl groups is 2. The van der Waals surface area contributed by atoms with Gasteiger partial charge in [-0.05, 0) is 38.0 Å². The van der Waals surface area contributed by atoms with E-state index in [9.17, 15) is 19.8 Å². The molecular formula is C38H68O6. The van der Waals surface area contributed by atoms with Crippen LogP contribution in [-0.2, 0) is 19.1 Å².